The zero-order valence-electron chi connectivity index (χ0n) is 11.2. The van der Waals surface area contributed by atoms with Gasteiger partial charge in [0.25, 0.3) is 0 Å². The highest BCUT2D eigenvalue weighted by Gasteiger charge is 2.41. The van der Waals surface area contributed by atoms with E-state index in [0.29, 0.717) is 11.8 Å². The number of aromatic nitrogens is 1. The van der Waals surface area contributed by atoms with Gasteiger partial charge in [-0.15, -0.1) is 11.3 Å². The van der Waals surface area contributed by atoms with E-state index in [1.807, 2.05) is 0 Å². The summed E-state index contributed by atoms with van der Waals surface area (Å²) in [7, 11) is 0. The first-order valence-electron chi connectivity index (χ1n) is 6.98. The maximum absolute atomic E-state index is 9.92. The second kappa shape index (κ2) is 4.91. The summed E-state index contributed by atoms with van der Waals surface area (Å²) in [6.07, 6.45) is 2.16. The fourth-order valence-electron chi connectivity index (χ4n) is 3.35. The highest BCUT2D eigenvalue weighted by atomic mass is 32.1. The van der Waals surface area contributed by atoms with Crippen LogP contribution in [0.4, 0.5) is 0 Å². The second-order valence-corrected chi connectivity index (χ2v) is 6.98. The fourth-order valence-corrected chi connectivity index (χ4v) is 4.17. The summed E-state index contributed by atoms with van der Waals surface area (Å²) in [5.41, 5.74) is 1.21. The molecule has 2 aliphatic rings. The van der Waals surface area contributed by atoms with Crippen LogP contribution in [0.25, 0.3) is 0 Å². The Labute approximate surface area is 113 Å². The summed E-state index contributed by atoms with van der Waals surface area (Å²) >= 11 is 1.78. The van der Waals surface area contributed by atoms with Crippen LogP contribution < -0.4 is 0 Å². The zero-order chi connectivity index (χ0) is 12.7. The summed E-state index contributed by atoms with van der Waals surface area (Å²) in [6.45, 7) is 7.55. The third-order valence-electron chi connectivity index (χ3n) is 4.34. The number of hydrogen-bond acceptors (Lipinski definition) is 4. The molecule has 0 amide bonds. The number of thiazole rings is 1. The molecular formula is C14H22N2OS. The van der Waals surface area contributed by atoms with Crippen molar-refractivity contribution in [1.82, 2.24) is 9.88 Å². The van der Waals surface area contributed by atoms with Gasteiger partial charge in [-0.25, -0.2) is 4.98 Å². The van der Waals surface area contributed by atoms with Crippen LogP contribution in [-0.4, -0.2) is 34.2 Å². The molecule has 3 rings (SSSR count). The van der Waals surface area contributed by atoms with Crippen molar-refractivity contribution in [1.29, 1.82) is 0 Å². The lowest BCUT2D eigenvalue weighted by atomic mass is 10.00. The van der Waals surface area contributed by atoms with Crippen LogP contribution >= 0.6 is 11.3 Å². The van der Waals surface area contributed by atoms with Crippen molar-refractivity contribution in [3.63, 3.8) is 0 Å². The molecule has 18 heavy (non-hydrogen) atoms. The molecule has 2 heterocycles. The van der Waals surface area contributed by atoms with Crippen molar-refractivity contribution in [2.75, 3.05) is 13.1 Å². The summed E-state index contributed by atoms with van der Waals surface area (Å²) in [5, 5.41) is 13.4. The third-order valence-corrected chi connectivity index (χ3v) is 5.54. The van der Waals surface area contributed by atoms with Crippen LogP contribution in [0.5, 0.6) is 0 Å². The van der Waals surface area contributed by atoms with E-state index in [1.54, 1.807) is 11.3 Å². The summed E-state index contributed by atoms with van der Waals surface area (Å²) in [5.74, 6) is 1.78. The molecule has 0 radical (unpaired) electrons. The maximum Gasteiger partial charge on any atom is 0.0954 e. The van der Waals surface area contributed by atoms with Gasteiger partial charge in [-0.2, -0.15) is 0 Å². The van der Waals surface area contributed by atoms with Crippen molar-refractivity contribution in [2.45, 2.75) is 45.3 Å². The smallest absolute Gasteiger partial charge is 0.0954 e. The van der Waals surface area contributed by atoms with E-state index < -0.39 is 0 Å². The number of fused-ring (bicyclic) bond motifs is 1. The molecule has 3 atom stereocenters. The number of hydrogen-bond donors (Lipinski definition) is 1. The van der Waals surface area contributed by atoms with E-state index in [4.69, 9.17) is 4.98 Å². The average molecular weight is 266 g/mol. The van der Waals surface area contributed by atoms with Crippen LogP contribution in [0, 0.1) is 11.8 Å². The van der Waals surface area contributed by atoms with Gasteiger partial charge in [-0.3, -0.25) is 4.90 Å². The molecule has 1 N–H and O–H groups in total. The fraction of sp³-hybridized carbons (Fsp3) is 0.786. The Kier molecular flexibility index (Phi) is 3.43. The highest BCUT2D eigenvalue weighted by molar-refractivity contribution is 7.09. The molecule has 0 aromatic carbocycles. The van der Waals surface area contributed by atoms with Gasteiger partial charge < -0.3 is 5.11 Å². The number of aliphatic hydroxyl groups is 1. The summed E-state index contributed by atoms with van der Waals surface area (Å²) in [4.78, 5) is 7.17. The molecule has 0 spiro atoms. The van der Waals surface area contributed by atoms with Crippen molar-refractivity contribution in [3.8, 4) is 0 Å². The molecule has 1 aliphatic heterocycles. The SMILES string of the molecule is CC(C)c1nc(CN2CC3CCC(O)C3C2)cs1. The molecule has 2 fully saturated rings. The molecule has 3 nitrogen and oxygen atoms in total. The molecule has 3 unspecified atom stereocenters. The van der Waals surface area contributed by atoms with Crippen molar-refractivity contribution >= 4 is 11.3 Å². The predicted octanol–water partition coefficient (Wildman–Crippen LogP) is 2.47. The Morgan fingerprint density at radius 3 is 2.94 bits per heavy atom. The van der Waals surface area contributed by atoms with Gasteiger partial charge in [0.05, 0.1) is 16.8 Å². The quantitative estimate of drug-likeness (QED) is 0.913. The minimum atomic E-state index is -0.0540. The van der Waals surface area contributed by atoms with Crippen molar-refractivity contribution < 1.29 is 5.11 Å². The Hall–Kier alpha value is -0.450. The van der Waals surface area contributed by atoms with Gasteiger partial charge in [-0.05, 0) is 18.8 Å². The Balaban J connectivity index is 1.60. The molecule has 1 saturated heterocycles. The first-order chi connectivity index (χ1) is 8.63. The Morgan fingerprint density at radius 1 is 1.44 bits per heavy atom. The van der Waals surface area contributed by atoms with E-state index in [1.165, 1.54) is 17.1 Å². The molecule has 100 valence electrons. The van der Waals surface area contributed by atoms with Gasteiger partial charge in [0, 0.05) is 36.9 Å². The van der Waals surface area contributed by atoms with Crippen LogP contribution in [0.3, 0.4) is 0 Å². The number of rotatable bonds is 3. The zero-order valence-corrected chi connectivity index (χ0v) is 12.0. The van der Waals surface area contributed by atoms with Gasteiger partial charge in [0.1, 0.15) is 0 Å². The average Bonchev–Trinajstić information content (AvgIpc) is 2.98. The van der Waals surface area contributed by atoms with Gasteiger partial charge in [-0.1, -0.05) is 13.8 Å². The molecule has 1 aromatic rings. The second-order valence-electron chi connectivity index (χ2n) is 6.09. The van der Waals surface area contributed by atoms with Crippen molar-refractivity contribution in [2.24, 2.45) is 11.8 Å². The molecule has 1 saturated carbocycles. The molecule has 1 aliphatic carbocycles. The minimum absolute atomic E-state index is 0.0540. The van der Waals surface area contributed by atoms with Gasteiger partial charge >= 0.3 is 0 Å². The van der Waals surface area contributed by atoms with E-state index in [-0.39, 0.29) is 6.10 Å². The van der Waals surface area contributed by atoms with E-state index >= 15 is 0 Å². The van der Waals surface area contributed by atoms with Gasteiger partial charge in [0.2, 0.25) is 0 Å². The molecule has 4 heteroatoms. The largest absolute Gasteiger partial charge is 0.393 e. The predicted molar refractivity (Wildman–Crippen MR) is 73.7 cm³/mol. The van der Waals surface area contributed by atoms with E-state index in [2.05, 4.69) is 24.1 Å². The monoisotopic (exact) mass is 266 g/mol. The lowest BCUT2D eigenvalue weighted by Gasteiger charge is -2.16. The van der Waals surface area contributed by atoms with E-state index in [0.717, 1.165) is 32.0 Å². The lowest BCUT2D eigenvalue weighted by molar-refractivity contribution is 0.123. The molecule has 1 aromatic heterocycles. The lowest BCUT2D eigenvalue weighted by Crippen LogP contribution is -2.24. The van der Waals surface area contributed by atoms with Crippen LogP contribution in [0.15, 0.2) is 5.38 Å². The molecule has 0 bridgehead atoms. The first-order valence-corrected chi connectivity index (χ1v) is 7.86. The Morgan fingerprint density at radius 2 is 2.28 bits per heavy atom. The molecular weight excluding hydrogens is 244 g/mol. The van der Waals surface area contributed by atoms with Crippen LogP contribution in [-0.2, 0) is 6.54 Å². The number of aliphatic hydroxyl groups excluding tert-OH is 1. The van der Waals surface area contributed by atoms with Crippen LogP contribution in [0.2, 0.25) is 0 Å². The Bertz CT molecular complexity index is 418. The first kappa shape index (κ1) is 12.6. The highest BCUT2D eigenvalue weighted by Crippen LogP contribution is 2.38. The summed E-state index contributed by atoms with van der Waals surface area (Å²) < 4.78 is 0. The normalized spacial score (nSPS) is 32.3. The standard InChI is InChI=1S/C14H22N2OS/c1-9(2)14-15-11(8-18-14)6-16-5-10-3-4-13(17)12(10)7-16/h8-10,12-13,17H,3-7H2,1-2H3. The van der Waals surface area contributed by atoms with E-state index in [9.17, 15) is 5.11 Å². The third kappa shape index (κ3) is 2.33. The topological polar surface area (TPSA) is 36.4 Å². The number of nitrogens with zero attached hydrogens (tertiary/aromatic N) is 2. The minimum Gasteiger partial charge on any atom is -0.393 e. The van der Waals surface area contributed by atoms with Crippen molar-refractivity contribution in [3.05, 3.63) is 16.1 Å². The maximum atomic E-state index is 9.92. The summed E-state index contributed by atoms with van der Waals surface area (Å²) in [6, 6.07) is 0. The van der Waals surface area contributed by atoms with Crippen LogP contribution in [0.1, 0.15) is 43.3 Å². The van der Waals surface area contributed by atoms with Gasteiger partial charge in [0.15, 0.2) is 0 Å². The number of likely N-dealkylation sites (tertiary alicyclic amines) is 1.